The Hall–Kier alpha value is -1.55. The van der Waals surface area contributed by atoms with Crippen LogP contribution in [0.4, 0.5) is 0 Å². The smallest absolute Gasteiger partial charge is 0.125 e. The average molecular weight is 345 g/mol. The molecule has 2 aromatic carbocycles. The number of nitrogens with one attached hydrogen (secondary N) is 1. The number of fused-ring (bicyclic) bond motifs is 2. The Morgan fingerprint density at radius 3 is 2.71 bits per heavy atom. The normalized spacial score (nSPS) is 16.2. The highest BCUT2D eigenvalue weighted by molar-refractivity contribution is 6.30. The fourth-order valence-corrected chi connectivity index (χ4v) is 3.45. The van der Waals surface area contributed by atoms with Crippen LogP contribution >= 0.6 is 11.6 Å². The van der Waals surface area contributed by atoms with Crippen LogP contribution in [0.5, 0.6) is 5.75 Å². The largest absolute Gasteiger partial charge is 0.489 e. The molecule has 0 aromatic heterocycles. The fraction of sp³-hybridized carbons (Fsp3) is 0.400. The Labute approximate surface area is 149 Å². The van der Waals surface area contributed by atoms with E-state index < -0.39 is 0 Å². The zero-order valence-corrected chi connectivity index (χ0v) is 15.1. The molecule has 0 amide bonds. The van der Waals surface area contributed by atoms with Crippen LogP contribution in [-0.4, -0.2) is 31.1 Å². The van der Waals surface area contributed by atoms with Crippen LogP contribution in [0.3, 0.4) is 0 Å². The minimum atomic E-state index is 0.105. The first kappa shape index (κ1) is 17.3. The van der Waals surface area contributed by atoms with Gasteiger partial charge in [-0.15, -0.1) is 0 Å². The van der Waals surface area contributed by atoms with Crippen molar-refractivity contribution >= 4 is 11.6 Å². The molecule has 3 nitrogen and oxygen atoms in total. The minimum Gasteiger partial charge on any atom is -0.489 e. The molecule has 0 bridgehead atoms. The third-order valence-electron chi connectivity index (χ3n) is 4.70. The number of nitrogens with zero attached hydrogens (tertiary/aromatic N) is 1. The molecule has 1 N–H and O–H groups in total. The van der Waals surface area contributed by atoms with E-state index in [9.17, 15) is 0 Å². The molecule has 1 aliphatic heterocycles. The number of likely N-dealkylation sites (N-methyl/N-ethyl adjacent to an activating group) is 1. The molecule has 1 unspecified atom stereocenters. The van der Waals surface area contributed by atoms with Gasteiger partial charge in [0.2, 0.25) is 0 Å². The lowest BCUT2D eigenvalue weighted by molar-refractivity contribution is 0.298. The lowest BCUT2D eigenvalue weighted by Crippen LogP contribution is -2.34. The summed E-state index contributed by atoms with van der Waals surface area (Å²) in [5.41, 5.74) is 3.62. The van der Waals surface area contributed by atoms with Gasteiger partial charge in [0.25, 0.3) is 0 Å². The molecule has 3 rings (SSSR count). The predicted molar refractivity (Wildman–Crippen MR) is 99.9 cm³/mol. The van der Waals surface area contributed by atoms with Gasteiger partial charge in [0.05, 0.1) is 6.04 Å². The highest BCUT2D eigenvalue weighted by atomic mass is 35.5. The predicted octanol–water partition coefficient (Wildman–Crippen LogP) is 4.25. The Morgan fingerprint density at radius 1 is 1.12 bits per heavy atom. The Morgan fingerprint density at radius 2 is 1.92 bits per heavy atom. The number of ether oxygens (including phenoxy) is 1. The number of halogens is 1. The van der Waals surface area contributed by atoms with Gasteiger partial charge in [0.1, 0.15) is 12.4 Å². The van der Waals surface area contributed by atoms with Gasteiger partial charge in [-0.1, -0.05) is 49.7 Å². The third-order valence-corrected chi connectivity index (χ3v) is 4.94. The van der Waals surface area contributed by atoms with Gasteiger partial charge >= 0.3 is 0 Å². The van der Waals surface area contributed by atoms with Gasteiger partial charge in [-0.05, 0) is 42.4 Å². The van der Waals surface area contributed by atoms with Crippen molar-refractivity contribution in [3.8, 4) is 5.75 Å². The second-order valence-electron chi connectivity index (χ2n) is 6.08. The highest BCUT2D eigenvalue weighted by Gasteiger charge is 2.24. The zero-order chi connectivity index (χ0) is 16.9. The molecule has 1 aliphatic rings. The first-order valence-electron chi connectivity index (χ1n) is 8.68. The lowest BCUT2D eigenvalue weighted by atomic mass is 9.95. The summed E-state index contributed by atoms with van der Waals surface area (Å²) in [6, 6.07) is 14.5. The fourth-order valence-electron chi connectivity index (χ4n) is 3.27. The second-order valence-corrected chi connectivity index (χ2v) is 6.52. The van der Waals surface area contributed by atoms with E-state index in [4.69, 9.17) is 16.3 Å². The monoisotopic (exact) mass is 344 g/mol. The third kappa shape index (κ3) is 3.75. The Bertz CT molecular complexity index is 685. The molecular formula is C20H25ClN2O. The molecule has 0 radical (unpaired) electrons. The van der Waals surface area contributed by atoms with E-state index >= 15 is 0 Å². The Balaban J connectivity index is 1.89. The molecule has 0 spiro atoms. The maximum absolute atomic E-state index is 6.26. The van der Waals surface area contributed by atoms with Crippen LogP contribution in [0, 0.1) is 0 Å². The number of rotatable bonds is 6. The molecule has 128 valence electrons. The minimum absolute atomic E-state index is 0.105. The van der Waals surface area contributed by atoms with Crippen LogP contribution in [-0.2, 0) is 6.61 Å². The summed E-state index contributed by atoms with van der Waals surface area (Å²) < 4.78 is 6.02. The molecule has 1 heterocycles. The van der Waals surface area contributed by atoms with Crippen molar-refractivity contribution in [3.05, 3.63) is 64.2 Å². The summed E-state index contributed by atoms with van der Waals surface area (Å²) in [6.45, 7) is 9.10. The summed E-state index contributed by atoms with van der Waals surface area (Å²) >= 11 is 6.26. The summed E-state index contributed by atoms with van der Waals surface area (Å²) in [4.78, 5) is 2.42. The average Bonchev–Trinajstić information content (AvgIpc) is 2.76. The van der Waals surface area contributed by atoms with Crippen molar-refractivity contribution in [3.63, 3.8) is 0 Å². The summed E-state index contributed by atoms with van der Waals surface area (Å²) in [5, 5.41) is 4.46. The van der Waals surface area contributed by atoms with Crippen molar-refractivity contribution in [1.82, 2.24) is 10.2 Å². The van der Waals surface area contributed by atoms with Gasteiger partial charge in [0.15, 0.2) is 0 Å². The van der Waals surface area contributed by atoms with Crippen LogP contribution < -0.4 is 10.1 Å². The van der Waals surface area contributed by atoms with Crippen molar-refractivity contribution < 1.29 is 4.74 Å². The molecule has 0 saturated heterocycles. The maximum Gasteiger partial charge on any atom is 0.125 e. The highest BCUT2D eigenvalue weighted by Crippen LogP contribution is 2.37. The molecule has 2 aromatic rings. The van der Waals surface area contributed by atoms with E-state index in [0.29, 0.717) is 6.61 Å². The summed E-state index contributed by atoms with van der Waals surface area (Å²) in [5.74, 6) is 0.913. The molecule has 0 aliphatic carbocycles. The van der Waals surface area contributed by atoms with Crippen molar-refractivity contribution in [2.24, 2.45) is 0 Å². The molecule has 0 fully saturated rings. The zero-order valence-electron chi connectivity index (χ0n) is 14.4. The molecular weight excluding hydrogens is 320 g/mol. The van der Waals surface area contributed by atoms with E-state index in [-0.39, 0.29) is 6.04 Å². The van der Waals surface area contributed by atoms with Crippen LogP contribution in [0.15, 0.2) is 42.5 Å². The van der Waals surface area contributed by atoms with Crippen molar-refractivity contribution in [2.45, 2.75) is 26.5 Å². The molecule has 1 atom stereocenters. The van der Waals surface area contributed by atoms with E-state index in [0.717, 1.165) is 42.5 Å². The van der Waals surface area contributed by atoms with Gasteiger partial charge in [-0.2, -0.15) is 0 Å². The van der Waals surface area contributed by atoms with Gasteiger partial charge < -0.3 is 15.0 Å². The van der Waals surface area contributed by atoms with Crippen LogP contribution in [0.25, 0.3) is 0 Å². The number of benzene rings is 2. The standard InChI is InChI=1S/C20H25ClN2O/c1-3-23(4-2)12-11-22-20-17-8-6-5-7-15(17)14-24-19-10-9-16(21)13-18(19)20/h5-10,13,20,22H,3-4,11-12,14H2,1-2H3. The molecule has 4 heteroatoms. The summed E-state index contributed by atoms with van der Waals surface area (Å²) in [6.07, 6.45) is 0. The van der Waals surface area contributed by atoms with E-state index in [1.165, 1.54) is 11.1 Å². The van der Waals surface area contributed by atoms with Gasteiger partial charge in [0, 0.05) is 23.7 Å². The van der Waals surface area contributed by atoms with E-state index in [1.807, 2.05) is 18.2 Å². The number of hydrogen-bond donors (Lipinski definition) is 1. The molecule has 0 saturated carbocycles. The number of hydrogen-bond acceptors (Lipinski definition) is 3. The lowest BCUT2D eigenvalue weighted by Gasteiger charge is -2.24. The SMILES string of the molecule is CCN(CC)CCNC1c2ccccc2COc2ccc(Cl)cc21. The van der Waals surface area contributed by atoms with Gasteiger partial charge in [-0.3, -0.25) is 0 Å². The van der Waals surface area contributed by atoms with Crippen LogP contribution in [0.1, 0.15) is 36.6 Å². The first-order chi connectivity index (χ1) is 11.7. The van der Waals surface area contributed by atoms with E-state index in [2.05, 4.69) is 48.3 Å². The maximum atomic E-state index is 6.26. The summed E-state index contributed by atoms with van der Waals surface area (Å²) in [7, 11) is 0. The molecule has 24 heavy (non-hydrogen) atoms. The van der Waals surface area contributed by atoms with Crippen molar-refractivity contribution in [2.75, 3.05) is 26.2 Å². The first-order valence-corrected chi connectivity index (χ1v) is 9.06. The van der Waals surface area contributed by atoms with Gasteiger partial charge in [-0.25, -0.2) is 0 Å². The van der Waals surface area contributed by atoms with Crippen LogP contribution in [0.2, 0.25) is 5.02 Å². The van der Waals surface area contributed by atoms with Crippen molar-refractivity contribution in [1.29, 1.82) is 0 Å². The quantitative estimate of drug-likeness (QED) is 0.847. The topological polar surface area (TPSA) is 24.5 Å². The van der Waals surface area contributed by atoms with E-state index in [1.54, 1.807) is 0 Å². The second kappa shape index (κ2) is 8.02. The Kier molecular flexibility index (Phi) is 5.77.